The summed E-state index contributed by atoms with van der Waals surface area (Å²) in [6.07, 6.45) is 0.860. The van der Waals surface area contributed by atoms with Crippen LogP contribution in [0.5, 0.6) is 0 Å². The zero-order valence-electron chi connectivity index (χ0n) is 10.4. The van der Waals surface area contributed by atoms with Crippen LogP contribution in [-0.2, 0) is 4.79 Å². The predicted molar refractivity (Wildman–Crippen MR) is 69.6 cm³/mol. The summed E-state index contributed by atoms with van der Waals surface area (Å²) >= 11 is 5.76. The summed E-state index contributed by atoms with van der Waals surface area (Å²) in [5.74, 6) is -0.545. The molecule has 98 valence electrons. The highest BCUT2D eigenvalue weighted by molar-refractivity contribution is 6.29. The van der Waals surface area contributed by atoms with E-state index >= 15 is 0 Å². The molecular weight excluding hydrogens is 254 g/mol. The second kappa shape index (κ2) is 6.96. The van der Waals surface area contributed by atoms with Gasteiger partial charge < -0.3 is 10.6 Å². The van der Waals surface area contributed by atoms with Crippen LogP contribution in [0.2, 0.25) is 5.15 Å². The lowest BCUT2D eigenvalue weighted by atomic mass is 10.2. The maximum atomic E-state index is 11.7. The van der Waals surface area contributed by atoms with Gasteiger partial charge in [-0.3, -0.25) is 9.59 Å². The van der Waals surface area contributed by atoms with E-state index in [-0.39, 0.29) is 23.5 Å². The number of carbonyl (C=O) groups excluding carboxylic acids is 2. The van der Waals surface area contributed by atoms with E-state index in [9.17, 15) is 9.59 Å². The molecule has 1 heterocycles. The van der Waals surface area contributed by atoms with Gasteiger partial charge in [0.05, 0.1) is 6.54 Å². The molecule has 0 spiro atoms. The number of aryl methyl sites for hydroxylation is 1. The molecule has 6 heteroatoms. The number of rotatable bonds is 5. The lowest BCUT2D eigenvalue weighted by Crippen LogP contribution is -2.37. The van der Waals surface area contributed by atoms with Gasteiger partial charge in [0.2, 0.25) is 5.91 Å². The third-order valence-electron chi connectivity index (χ3n) is 2.17. The standard InChI is InChI=1S/C12H16ClN3O2/c1-3-4-14-11(17)7-15-12(18)9-5-8(2)16-10(13)6-9/h5-6H,3-4,7H2,1-2H3,(H,14,17)(H,15,18). The van der Waals surface area contributed by atoms with Gasteiger partial charge in [-0.25, -0.2) is 4.98 Å². The van der Waals surface area contributed by atoms with Gasteiger partial charge in [-0.15, -0.1) is 0 Å². The number of halogens is 1. The molecule has 0 saturated heterocycles. The van der Waals surface area contributed by atoms with E-state index in [1.54, 1.807) is 13.0 Å². The zero-order chi connectivity index (χ0) is 13.5. The molecule has 0 unspecified atom stereocenters. The van der Waals surface area contributed by atoms with Crippen molar-refractivity contribution in [2.24, 2.45) is 0 Å². The van der Waals surface area contributed by atoms with Crippen molar-refractivity contribution < 1.29 is 9.59 Å². The normalized spacial score (nSPS) is 9.94. The Kier molecular flexibility index (Phi) is 5.58. The van der Waals surface area contributed by atoms with Crippen LogP contribution < -0.4 is 10.6 Å². The van der Waals surface area contributed by atoms with Gasteiger partial charge in [-0.2, -0.15) is 0 Å². The summed E-state index contributed by atoms with van der Waals surface area (Å²) in [6, 6.07) is 3.08. The Morgan fingerprint density at radius 3 is 2.67 bits per heavy atom. The molecule has 18 heavy (non-hydrogen) atoms. The fourth-order valence-electron chi connectivity index (χ4n) is 1.35. The number of amides is 2. The minimum Gasteiger partial charge on any atom is -0.355 e. The summed E-state index contributed by atoms with van der Waals surface area (Å²) in [6.45, 7) is 4.27. The van der Waals surface area contributed by atoms with Crippen LogP contribution in [0, 0.1) is 6.92 Å². The lowest BCUT2D eigenvalue weighted by molar-refractivity contribution is -0.120. The van der Waals surface area contributed by atoms with E-state index in [2.05, 4.69) is 15.6 Å². The highest BCUT2D eigenvalue weighted by Crippen LogP contribution is 2.09. The van der Waals surface area contributed by atoms with Crippen molar-refractivity contribution in [3.63, 3.8) is 0 Å². The Labute approximate surface area is 111 Å². The van der Waals surface area contributed by atoms with Gasteiger partial charge in [0, 0.05) is 17.8 Å². The predicted octanol–water partition coefficient (Wildman–Crippen LogP) is 1.30. The maximum absolute atomic E-state index is 11.7. The number of hydrogen-bond acceptors (Lipinski definition) is 3. The fraction of sp³-hybridized carbons (Fsp3) is 0.417. The van der Waals surface area contributed by atoms with Gasteiger partial charge in [0.15, 0.2) is 0 Å². The number of carbonyl (C=O) groups is 2. The molecule has 2 amide bonds. The Morgan fingerprint density at radius 1 is 1.33 bits per heavy atom. The highest BCUT2D eigenvalue weighted by atomic mass is 35.5. The van der Waals surface area contributed by atoms with Crippen molar-refractivity contribution in [3.8, 4) is 0 Å². The molecule has 1 rings (SSSR count). The number of hydrogen-bond donors (Lipinski definition) is 2. The Hall–Kier alpha value is -1.62. The van der Waals surface area contributed by atoms with Crippen molar-refractivity contribution in [1.82, 2.24) is 15.6 Å². The molecule has 1 aromatic rings. The first kappa shape index (κ1) is 14.4. The number of nitrogens with zero attached hydrogens (tertiary/aromatic N) is 1. The maximum Gasteiger partial charge on any atom is 0.251 e. The summed E-state index contributed by atoms with van der Waals surface area (Å²) in [5.41, 5.74) is 1.05. The van der Waals surface area contributed by atoms with E-state index in [0.29, 0.717) is 17.8 Å². The third-order valence-corrected chi connectivity index (χ3v) is 2.36. The van der Waals surface area contributed by atoms with Gasteiger partial charge >= 0.3 is 0 Å². The Morgan fingerprint density at radius 2 is 2.06 bits per heavy atom. The smallest absolute Gasteiger partial charge is 0.251 e. The van der Waals surface area contributed by atoms with Crippen LogP contribution in [0.25, 0.3) is 0 Å². The molecule has 0 aliphatic carbocycles. The first-order chi connectivity index (χ1) is 8.52. The monoisotopic (exact) mass is 269 g/mol. The van der Waals surface area contributed by atoms with Gasteiger partial charge in [-0.1, -0.05) is 18.5 Å². The van der Waals surface area contributed by atoms with Crippen LogP contribution in [0.4, 0.5) is 0 Å². The van der Waals surface area contributed by atoms with Crippen LogP contribution in [-0.4, -0.2) is 29.9 Å². The second-order valence-corrected chi connectivity index (χ2v) is 4.24. The molecule has 0 fully saturated rings. The topological polar surface area (TPSA) is 71.1 Å². The van der Waals surface area contributed by atoms with E-state index < -0.39 is 0 Å². The SMILES string of the molecule is CCCNC(=O)CNC(=O)c1cc(C)nc(Cl)c1. The van der Waals surface area contributed by atoms with Gasteiger partial charge in [-0.05, 0) is 25.5 Å². The summed E-state index contributed by atoms with van der Waals surface area (Å²) in [5, 5.41) is 5.45. The summed E-state index contributed by atoms with van der Waals surface area (Å²) in [4.78, 5) is 27.0. The van der Waals surface area contributed by atoms with Crippen LogP contribution in [0.15, 0.2) is 12.1 Å². The lowest BCUT2D eigenvalue weighted by Gasteiger charge is -2.06. The molecule has 0 aliphatic rings. The molecule has 0 bridgehead atoms. The molecule has 5 nitrogen and oxygen atoms in total. The highest BCUT2D eigenvalue weighted by Gasteiger charge is 2.09. The number of nitrogens with one attached hydrogen (secondary N) is 2. The Balaban J connectivity index is 2.52. The van der Waals surface area contributed by atoms with Crippen molar-refractivity contribution in [3.05, 3.63) is 28.5 Å². The zero-order valence-corrected chi connectivity index (χ0v) is 11.2. The molecule has 2 N–H and O–H groups in total. The van der Waals surface area contributed by atoms with Crippen molar-refractivity contribution >= 4 is 23.4 Å². The van der Waals surface area contributed by atoms with Gasteiger partial charge in [0.1, 0.15) is 5.15 Å². The average Bonchev–Trinajstić information content (AvgIpc) is 2.32. The van der Waals surface area contributed by atoms with Gasteiger partial charge in [0.25, 0.3) is 5.91 Å². The van der Waals surface area contributed by atoms with E-state index in [4.69, 9.17) is 11.6 Å². The number of aromatic nitrogens is 1. The third kappa shape index (κ3) is 4.71. The minimum atomic E-state index is -0.339. The van der Waals surface area contributed by atoms with Crippen LogP contribution in [0.1, 0.15) is 29.4 Å². The molecule has 0 radical (unpaired) electrons. The quantitative estimate of drug-likeness (QED) is 0.792. The van der Waals surface area contributed by atoms with Crippen molar-refractivity contribution in [1.29, 1.82) is 0 Å². The first-order valence-electron chi connectivity index (χ1n) is 5.72. The van der Waals surface area contributed by atoms with Crippen molar-refractivity contribution in [2.45, 2.75) is 20.3 Å². The molecule has 0 atom stereocenters. The summed E-state index contributed by atoms with van der Waals surface area (Å²) < 4.78 is 0. The first-order valence-corrected chi connectivity index (χ1v) is 6.09. The van der Waals surface area contributed by atoms with E-state index in [0.717, 1.165) is 6.42 Å². The average molecular weight is 270 g/mol. The van der Waals surface area contributed by atoms with Crippen LogP contribution >= 0.6 is 11.6 Å². The minimum absolute atomic E-state index is 0.0438. The second-order valence-electron chi connectivity index (χ2n) is 3.85. The summed E-state index contributed by atoms with van der Waals surface area (Å²) in [7, 11) is 0. The van der Waals surface area contributed by atoms with Crippen LogP contribution in [0.3, 0.4) is 0 Å². The largest absolute Gasteiger partial charge is 0.355 e. The van der Waals surface area contributed by atoms with E-state index in [1.165, 1.54) is 6.07 Å². The Bertz CT molecular complexity index is 429. The molecule has 0 saturated carbocycles. The van der Waals surface area contributed by atoms with E-state index in [1.807, 2.05) is 6.92 Å². The molecular formula is C12H16ClN3O2. The fourth-order valence-corrected chi connectivity index (χ4v) is 1.60. The van der Waals surface area contributed by atoms with Crippen molar-refractivity contribution in [2.75, 3.05) is 13.1 Å². The number of pyridine rings is 1. The molecule has 0 aliphatic heterocycles. The molecule has 0 aromatic carbocycles. The molecule has 1 aromatic heterocycles.